The molecular formula is C36H23N3O4. The fourth-order valence-electron chi connectivity index (χ4n) is 4.81. The minimum Gasteiger partial charge on any atom is -0.507 e. The summed E-state index contributed by atoms with van der Waals surface area (Å²) in [6.45, 7) is 0. The fourth-order valence-corrected chi connectivity index (χ4v) is 4.81. The molecule has 0 saturated carbocycles. The molecule has 0 aliphatic rings. The third-order valence-corrected chi connectivity index (χ3v) is 6.93. The molecule has 7 aromatic rings. The zero-order chi connectivity index (χ0) is 29.2. The normalized spacial score (nSPS) is 11.0. The minimum atomic E-state index is -0.406. The monoisotopic (exact) mass is 561 g/mol. The summed E-state index contributed by atoms with van der Waals surface area (Å²) in [7, 11) is 0. The van der Waals surface area contributed by atoms with Crippen molar-refractivity contribution in [3.05, 3.63) is 144 Å². The van der Waals surface area contributed by atoms with Gasteiger partial charge in [-0.05, 0) is 42.0 Å². The molecule has 5 aromatic carbocycles. The average Bonchev–Trinajstić information content (AvgIpc) is 3.06. The van der Waals surface area contributed by atoms with Gasteiger partial charge >= 0.3 is 5.63 Å². The number of phenolic OH excluding ortho intramolecular Hbond substituents is 1. The van der Waals surface area contributed by atoms with Crippen LogP contribution >= 0.6 is 0 Å². The van der Waals surface area contributed by atoms with Crippen LogP contribution in [0.2, 0.25) is 0 Å². The SMILES string of the molecule is O=c1oc2ccc(Oc3ccc(-c4nc(-c5ccccc5)nc(-c5ccccc5)n4)c(O)c3)cc2cc1-c1ccccc1. The van der Waals surface area contributed by atoms with E-state index in [4.69, 9.17) is 14.1 Å². The molecule has 7 nitrogen and oxygen atoms in total. The summed E-state index contributed by atoms with van der Waals surface area (Å²) in [6, 6.07) is 40.6. The number of hydrogen-bond donors (Lipinski definition) is 1. The Bertz CT molecular complexity index is 2070. The molecule has 43 heavy (non-hydrogen) atoms. The third kappa shape index (κ3) is 5.35. The van der Waals surface area contributed by atoms with Crippen molar-refractivity contribution in [3.63, 3.8) is 0 Å². The summed E-state index contributed by atoms with van der Waals surface area (Å²) >= 11 is 0. The van der Waals surface area contributed by atoms with Gasteiger partial charge in [0.1, 0.15) is 22.8 Å². The van der Waals surface area contributed by atoms with E-state index in [2.05, 4.69) is 9.97 Å². The van der Waals surface area contributed by atoms with E-state index in [-0.39, 0.29) is 5.75 Å². The van der Waals surface area contributed by atoms with E-state index in [1.165, 1.54) is 6.07 Å². The highest BCUT2D eigenvalue weighted by Gasteiger charge is 2.16. The van der Waals surface area contributed by atoms with Crippen LogP contribution in [0.15, 0.2) is 143 Å². The average molecular weight is 562 g/mol. The van der Waals surface area contributed by atoms with Crippen molar-refractivity contribution in [2.24, 2.45) is 0 Å². The maximum Gasteiger partial charge on any atom is 0.344 e. The fraction of sp³-hybridized carbons (Fsp3) is 0. The summed E-state index contributed by atoms with van der Waals surface area (Å²) in [5, 5.41) is 11.8. The Hall–Kier alpha value is -6.08. The summed E-state index contributed by atoms with van der Waals surface area (Å²) in [4.78, 5) is 26.6. The van der Waals surface area contributed by atoms with Gasteiger partial charge in [-0.2, -0.15) is 0 Å². The Morgan fingerprint density at radius 3 is 1.67 bits per heavy atom. The van der Waals surface area contributed by atoms with Crippen LogP contribution in [0, 0.1) is 0 Å². The first kappa shape index (κ1) is 25.9. The Labute approximate surface area is 246 Å². The van der Waals surface area contributed by atoms with E-state index in [9.17, 15) is 9.90 Å². The summed E-state index contributed by atoms with van der Waals surface area (Å²) < 4.78 is 11.6. The Kier molecular flexibility index (Phi) is 6.65. The van der Waals surface area contributed by atoms with Gasteiger partial charge < -0.3 is 14.3 Å². The molecule has 7 heteroatoms. The van der Waals surface area contributed by atoms with Crippen LogP contribution in [0.5, 0.6) is 17.2 Å². The highest BCUT2D eigenvalue weighted by molar-refractivity contribution is 5.83. The molecule has 0 radical (unpaired) electrons. The van der Waals surface area contributed by atoms with Crippen LogP contribution < -0.4 is 10.4 Å². The van der Waals surface area contributed by atoms with E-state index in [0.717, 1.165) is 16.7 Å². The van der Waals surface area contributed by atoms with Crippen molar-refractivity contribution in [2.75, 3.05) is 0 Å². The van der Waals surface area contributed by atoms with E-state index in [1.807, 2.05) is 91.0 Å². The lowest BCUT2D eigenvalue weighted by Gasteiger charge is -2.11. The zero-order valence-corrected chi connectivity index (χ0v) is 22.7. The van der Waals surface area contributed by atoms with Crippen molar-refractivity contribution in [3.8, 4) is 62.5 Å². The molecule has 206 valence electrons. The Morgan fingerprint density at radius 2 is 1.07 bits per heavy atom. The molecule has 1 N–H and O–H groups in total. The Balaban J connectivity index is 1.23. The summed E-state index contributed by atoms with van der Waals surface area (Å²) in [6.07, 6.45) is 0. The molecule has 0 spiro atoms. The van der Waals surface area contributed by atoms with Crippen LogP contribution in [0.4, 0.5) is 0 Å². The lowest BCUT2D eigenvalue weighted by molar-refractivity contribution is 0.456. The van der Waals surface area contributed by atoms with Crippen LogP contribution in [0.3, 0.4) is 0 Å². The molecule has 0 atom stereocenters. The van der Waals surface area contributed by atoms with Gasteiger partial charge in [-0.3, -0.25) is 0 Å². The molecule has 0 unspecified atom stereocenters. The van der Waals surface area contributed by atoms with Crippen molar-refractivity contribution in [1.29, 1.82) is 0 Å². The predicted molar refractivity (Wildman–Crippen MR) is 166 cm³/mol. The predicted octanol–water partition coefficient (Wildman–Crippen LogP) is 8.14. The standard InChI is InChI=1S/C36H23N3O4/c40-31-22-28(42-27-17-19-32-26(20-27)21-30(36(41)43-32)23-10-4-1-5-11-23)16-18-29(31)35-38-33(24-12-6-2-7-13-24)37-34(39-35)25-14-8-3-9-15-25/h1-22,40H. The van der Waals surface area contributed by atoms with Gasteiger partial charge in [0.25, 0.3) is 0 Å². The third-order valence-electron chi connectivity index (χ3n) is 6.93. The van der Waals surface area contributed by atoms with Gasteiger partial charge in [-0.15, -0.1) is 0 Å². The smallest absolute Gasteiger partial charge is 0.344 e. The van der Waals surface area contributed by atoms with Crippen LogP contribution in [0.25, 0.3) is 56.3 Å². The number of ether oxygens (including phenoxy) is 1. The molecule has 2 aromatic heterocycles. The molecule has 2 heterocycles. The molecule has 0 aliphatic carbocycles. The summed E-state index contributed by atoms with van der Waals surface area (Å²) in [5.41, 5.74) is 3.40. The van der Waals surface area contributed by atoms with Gasteiger partial charge in [0.2, 0.25) is 0 Å². The molecule has 0 amide bonds. The molecule has 0 aliphatic heterocycles. The number of hydrogen-bond acceptors (Lipinski definition) is 7. The first-order chi connectivity index (χ1) is 21.1. The number of nitrogens with zero attached hydrogens (tertiary/aromatic N) is 3. The van der Waals surface area contributed by atoms with Gasteiger partial charge in [0.15, 0.2) is 17.5 Å². The number of rotatable bonds is 6. The second kappa shape index (κ2) is 11.1. The van der Waals surface area contributed by atoms with Gasteiger partial charge in [0, 0.05) is 22.6 Å². The Morgan fingerprint density at radius 1 is 0.535 bits per heavy atom. The van der Waals surface area contributed by atoms with E-state index >= 15 is 0 Å². The molecule has 0 bridgehead atoms. The van der Waals surface area contributed by atoms with Crippen LogP contribution in [-0.4, -0.2) is 20.1 Å². The lowest BCUT2D eigenvalue weighted by Crippen LogP contribution is -2.02. The van der Waals surface area contributed by atoms with Gasteiger partial charge in [0.05, 0.1) is 11.1 Å². The van der Waals surface area contributed by atoms with Crippen LogP contribution in [0.1, 0.15) is 0 Å². The van der Waals surface area contributed by atoms with Gasteiger partial charge in [-0.1, -0.05) is 91.0 Å². The highest BCUT2D eigenvalue weighted by atomic mass is 16.5. The molecule has 0 fully saturated rings. The zero-order valence-electron chi connectivity index (χ0n) is 22.7. The number of fused-ring (bicyclic) bond motifs is 1. The highest BCUT2D eigenvalue weighted by Crippen LogP contribution is 2.35. The number of aromatic nitrogens is 3. The van der Waals surface area contributed by atoms with Crippen molar-refractivity contribution >= 4 is 11.0 Å². The van der Waals surface area contributed by atoms with Gasteiger partial charge in [-0.25, -0.2) is 19.7 Å². The van der Waals surface area contributed by atoms with Crippen molar-refractivity contribution < 1.29 is 14.3 Å². The van der Waals surface area contributed by atoms with E-state index in [1.54, 1.807) is 36.4 Å². The second-order valence-electron chi connectivity index (χ2n) is 9.83. The maximum atomic E-state index is 12.6. The summed E-state index contributed by atoms with van der Waals surface area (Å²) in [5.74, 6) is 2.24. The topological polar surface area (TPSA) is 98.3 Å². The molecular weight excluding hydrogens is 538 g/mol. The quantitative estimate of drug-likeness (QED) is 0.205. The molecule has 0 saturated heterocycles. The second-order valence-corrected chi connectivity index (χ2v) is 9.83. The van der Waals surface area contributed by atoms with Crippen molar-refractivity contribution in [1.82, 2.24) is 15.0 Å². The first-order valence-corrected chi connectivity index (χ1v) is 13.6. The van der Waals surface area contributed by atoms with Crippen LogP contribution in [-0.2, 0) is 0 Å². The number of benzene rings is 5. The lowest BCUT2D eigenvalue weighted by atomic mass is 10.1. The van der Waals surface area contributed by atoms with E-state index in [0.29, 0.717) is 51.1 Å². The minimum absolute atomic E-state index is 0.0418. The number of phenols is 1. The maximum absolute atomic E-state index is 12.6. The largest absolute Gasteiger partial charge is 0.507 e. The van der Waals surface area contributed by atoms with Crippen molar-refractivity contribution in [2.45, 2.75) is 0 Å². The molecule has 7 rings (SSSR count). The first-order valence-electron chi connectivity index (χ1n) is 13.6. The van der Waals surface area contributed by atoms with E-state index < -0.39 is 5.63 Å². The number of aromatic hydroxyl groups is 1.